The molecule has 1 unspecified atom stereocenters. The molecular weight excluding hydrogens is 294 g/mol. The number of esters is 1. The second-order valence-corrected chi connectivity index (χ2v) is 5.87. The molecule has 0 aromatic heterocycles. The minimum Gasteiger partial charge on any atom is -0.465 e. The van der Waals surface area contributed by atoms with E-state index in [-0.39, 0.29) is 19.1 Å². The number of likely N-dealkylation sites (tertiary alicyclic amines) is 1. The molecule has 1 saturated heterocycles. The average Bonchev–Trinajstić information content (AvgIpc) is 2.56. The molecule has 1 aliphatic rings. The van der Waals surface area contributed by atoms with E-state index in [0.29, 0.717) is 19.6 Å². The number of ether oxygens (including phenoxy) is 2. The molecule has 1 heterocycles. The van der Waals surface area contributed by atoms with Crippen LogP contribution >= 0.6 is 0 Å². The number of hydrogen-bond acceptors (Lipinski definition) is 4. The first kappa shape index (κ1) is 17.1. The number of carbonyl (C=O) groups excluding carboxylic acids is 2. The van der Waals surface area contributed by atoms with Crippen molar-refractivity contribution in [1.29, 1.82) is 0 Å². The maximum atomic E-state index is 12.3. The lowest BCUT2D eigenvalue weighted by Gasteiger charge is -2.39. The maximum absolute atomic E-state index is 12.3. The molecule has 0 radical (unpaired) electrons. The lowest BCUT2D eigenvalue weighted by molar-refractivity contribution is -0.153. The van der Waals surface area contributed by atoms with Crippen LogP contribution in [0.1, 0.15) is 25.8 Å². The number of carbonyl (C=O) groups is 2. The van der Waals surface area contributed by atoms with Gasteiger partial charge in [0.05, 0.1) is 6.61 Å². The van der Waals surface area contributed by atoms with Gasteiger partial charge in [-0.05, 0) is 25.8 Å². The summed E-state index contributed by atoms with van der Waals surface area (Å²) < 4.78 is 10.5. The van der Waals surface area contributed by atoms with Crippen LogP contribution in [-0.2, 0) is 20.9 Å². The minimum absolute atomic E-state index is 0.216. The highest BCUT2D eigenvalue weighted by Gasteiger charge is 2.43. The summed E-state index contributed by atoms with van der Waals surface area (Å²) in [5.74, 6) is -0.342. The van der Waals surface area contributed by atoms with Gasteiger partial charge in [-0.15, -0.1) is 0 Å². The average molecular weight is 317 g/mol. The summed E-state index contributed by atoms with van der Waals surface area (Å²) in [6.45, 7) is 8.77. The molecule has 0 aliphatic carbocycles. The second kappa shape index (κ2) is 7.31. The van der Waals surface area contributed by atoms with Gasteiger partial charge in [0.25, 0.3) is 0 Å². The van der Waals surface area contributed by atoms with Crippen LogP contribution in [-0.4, -0.2) is 36.7 Å². The SMILES string of the molecule is C=C1CCN(C(=O)OCc2ccccc2)CC1(C)C(=O)OCC. The van der Waals surface area contributed by atoms with Crippen molar-refractivity contribution in [3.8, 4) is 0 Å². The molecule has 1 amide bonds. The summed E-state index contributed by atoms with van der Waals surface area (Å²) in [6, 6.07) is 9.49. The predicted octanol–water partition coefficient (Wildman–Crippen LogP) is 3.15. The van der Waals surface area contributed by atoms with Gasteiger partial charge in [-0.2, -0.15) is 0 Å². The van der Waals surface area contributed by atoms with Crippen molar-refractivity contribution in [2.24, 2.45) is 5.41 Å². The highest BCUT2D eigenvalue weighted by molar-refractivity contribution is 5.82. The zero-order chi connectivity index (χ0) is 16.9. The van der Waals surface area contributed by atoms with Gasteiger partial charge in [-0.25, -0.2) is 4.79 Å². The third kappa shape index (κ3) is 3.92. The lowest BCUT2D eigenvalue weighted by atomic mass is 9.78. The van der Waals surface area contributed by atoms with E-state index >= 15 is 0 Å². The van der Waals surface area contributed by atoms with Crippen LogP contribution < -0.4 is 0 Å². The van der Waals surface area contributed by atoms with E-state index in [1.54, 1.807) is 18.7 Å². The number of nitrogens with zero attached hydrogens (tertiary/aromatic N) is 1. The molecule has 0 bridgehead atoms. The highest BCUT2D eigenvalue weighted by Crippen LogP contribution is 2.35. The molecule has 2 rings (SSSR count). The van der Waals surface area contributed by atoms with Crippen LogP contribution in [0.25, 0.3) is 0 Å². The Morgan fingerprint density at radius 1 is 1.26 bits per heavy atom. The predicted molar refractivity (Wildman–Crippen MR) is 86.7 cm³/mol. The van der Waals surface area contributed by atoms with Gasteiger partial charge in [-0.1, -0.05) is 42.5 Å². The fraction of sp³-hybridized carbons (Fsp3) is 0.444. The molecule has 0 N–H and O–H groups in total. The smallest absolute Gasteiger partial charge is 0.410 e. The quantitative estimate of drug-likeness (QED) is 0.632. The van der Waals surface area contributed by atoms with E-state index in [1.807, 2.05) is 30.3 Å². The molecule has 124 valence electrons. The minimum atomic E-state index is -0.875. The normalized spacial score (nSPS) is 21.0. The van der Waals surface area contributed by atoms with Crippen molar-refractivity contribution in [3.63, 3.8) is 0 Å². The van der Waals surface area contributed by atoms with Gasteiger partial charge in [0, 0.05) is 13.1 Å². The zero-order valence-electron chi connectivity index (χ0n) is 13.7. The number of piperidine rings is 1. The Morgan fingerprint density at radius 3 is 2.61 bits per heavy atom. The Morgan fingerprint density at radius 2 is 1.96 bits per heavy atom. The van der Waals surface area contributed by atoms with Crippen molar-refractivity contribution in [1.82, 2.24) is 4.90 Å². The molecule has 1 atom stereocenters. The van der Waals surface area contributed by atoms with E-state index in [1.165, 1.54) is 0 Å². The van der Waals surface area contributed by atoms with Crippen LogP contribution in [0.3, 0.4) is 0 Å². The highest BCUT2D eigenvalue weighted by atomic mass is 16.6. The summed E-state index contributed by atoms with van der Waals surface area (Å²) in [5.41, 5.74) is 0.846. The van der Waals surface area contributed by atoms with E-state index in [0.717, 1.165) is 11.1 Å². The van der Waals surface area contributed by atoms with Crippen LogP contribution in [0.4, 0.5) is 4.79 Å². The Hall–Kier alpha value is -2.30. The van der Waals surface area contributed by atoms with Crippen LogP contribution in [0.5, 0.6) is 0 Å². The van der Waals surface area contributed by atoms with E-state index in [4.69, 9.17) is 9.47 Å². The van der Waals surface area contributed by atoms with Crippen molar-refractivity contribution >= 4 is 12.1 Å². The van der Waals surface area contributed by atoms with Gasteiger partial charge in [0.2, 0.25) is 0 Å². The fourth-order valence-corrected chi connectivity index (χ4v) is 2.58. The van der Waals surface area contributed by atoms with Crippen molar-refractivity contribution in [2.45, 2.75) is 26.9 Å². The first-order valence-corrected chi connectivity index (χ1v) is 7.78. The van der Waals surface area contributed by atoms with Crippen molar-refractivity contribution < 1.29 is 19.1 Å². The maximum Gasteiger partial charge on any atom is 0.410 e. The summed E-state index contributed by atoms with van der Waals surface area (Å²) in [7, 11) is 0. The lowest BCUT2D eigenvalue weighted by Crippen LogP contribution is -2.50. The zero-order valence-corrected chi connectivity index (χ0v) is 13.7. The third-order valence-corrected chi connectivity index (χ3v) is 4.16. The molecule has 1 aliphatic heterocycles. The number of amides is 1. The molecule has 0 saturated carbocycles. The topological polar surface area (TPSA) is 55.8 Å². The number of hydrogen-bond donors (Lipinski definition) is 0. The Kier molecular flexibility index (Phi) is 5.42. The number of benzene rings is 1. The standard InChI is InChI=1S/C18H23NO4/c1-4-22-16(20)18(3)13-19(11-10-14(18)2)17(21)23-12-15-8-6-5-7-9-15/h5-9H,2,4,10-13H2,1,3H3. The molecular formula is C18H23NO4. The van der Waals surface area contributed by atoms with Crippen molar-refractivity contribution in [2.75, 3.05) is 19.7 Å². The van der Waals surface area contributed by atoms with Crippen LogP contribution in [0.15, 0.2) is 42.5 Å². The summed E-state index contributed by atoms with van der Waals surface area (Å²) in [6.07, 6.45) is 0.146. The largest absolute Gasteiger partial charge is 0.465 e. The van der Waals surface area contributed by atoms with Gasteiger partial charge in [-0.3, -0.25) is 4.79 Å². The molecule has 5 nitrogen and oxygen atoms in total. The van der Waals surface area contributed by atoms with E-state index in [9.17, 15) is 9.59 Å². The van der Waals surface area contributed by atoms with Crippen molar-refractivity contribution in [3.05, 3.63) is 48.0 Å². The molecule has 1 fully saturated rings. The Bertz CT molecular complexity index is 584. The fourth-order valence-electron chi connectivity index (χ4n) is 2.58. The second-order valence-electron chi connectivity index (χ2n) is 5.87. The molecule has 23 heavy (non-hydrogen) atoms. The molecule has 1 aromatic carbocycles. The number of rotatable bonds is 4. The first-order valence-electron chi connectivity index (χ1n) is 7.78. The van der Waals surface area contributed by atoms with E-state index < -0.39 is 11.5 Å². The Balaban J connectivity index is 1.98. The monoisotopic (exact) mass is 317 g/mol. The van der Waals surface area contributed by atoms with E-state index in [2.05, 4.69) is 6.58 Å². The van der Waals surface area contributed by atoms with Gasteiger partial charge >= 0.3 is 12.1 Å². The summed E-state index contributed by atoms with van der Waals surface area (Å²) in [5, 5.41) is 0. The van der Waals surface area contributed by atoms with Gasteiger partial charge in [0.1, 0.15) is 12.0 Å². The first-order chi connectivity index (χ1) is 11.0. The van der Waals surface area contributed by atoms with Gasteiger partial charge < -0.3 is 14.4 Å². The third-order valence-electron chi connectivity index (χ3n) is 4.16. The van der Waals surface area contributed by atoms with Crippen LogP contribution in [0.2, 0.25) is 0 Å². The summed E-state index contributed by atoms with van der Waals surface area (Å²) >= 11 is 0. The Labute approximate surface area is 136 Å². The van der Waals surface area contributed by atoms with Crippen LogP contribution in [0, 0.1) is 5.41 Å². The van der Waals surface area contributed by atoms with Gasteiger partial charge in [0.15, 0.2) is 0 Å². The summed E-state index contributed by atoms with van der Waals surface area (Å²) in [4.78, 5) is 26.0. The molecule has 0 spiro atoms. The molecule has 1 aromatic rings. The molecule has 5 heteroatoms.